The lowest BCUT2D eigenvalue weighted by molar-refractivity contribution is 0.0696. The highest BCUT2D eigenvalue weighted by Gasteiger charge is 2.09. The Morgan fingerprint density at radius 3 is 2.42 bits per heavy atom. The van der Waals surface area contributed by atoms with Gasteiger partial charge in [-0.25, -0.2) is 9.78 Å². The largest absolute Gasteiger partial charge is 0.478 e. The van der Waals surface area contributed by atoms with Crippen molar-refractivity contribution in [1.82, 2.24) is 4.98 Å². The molecule has 0 unspecified atom stereocenters. The summed E-state index contributed by atoms with van der Waals surface area (Å²) in [5, 5.41) is 11.7. The highest BCUT2D eigenvalue weighted by Crippen LogP contribution is 2.18. The van der Waals surface area contributed by atoms with E-state index < -0.39 is 11.9 Å². The van der Waals surface area contributed by atoms with Crippen molar-refractivity contribution in [3.8, 4) is 0 Å². The van der Waals surface area contributed by atoms with Gasteiger partial charge in [0.1, 0.15) is 5.82 Å². The molecular weight excluding hydrogens is 246 g/mol. The highest BCUT2D eigenvalue weighted by molar-refractivity contribution is 5.98. The number of carbonyl (C=O) groups is 2. The maximum Gasteiger partial charge on any atom is 0.335 e. The quantitative estimate of drug-likeness (QED) is 0.771. The Balaban J connectivity index is 2.26. The second-order valence-corrected chi connectivity index (χ2v) is 3.77. The summed E-state index contributed by atoms with van der Waals surface area (Å²) in [6.45, 7) is 0. The second-order valence-electron chi connectivity index (χ2n) is 3.77. The van der Waals surface area contributed by atoms with Crippen LogP contribution in [0.2, 0.25) is 0 Å². The van der Waals surface area contributed by atoms with Gasteiger partial charge < -0.3 is 16.2 Å². The lowest BCUT2D eigenvalue weighted by Gasteiger charge is -2.08. The summed E-state index contributed by atoms with van der Waals surface area (Å²) in [5.41, 5.74) is 6.30. The number of carbonyl (C=O) groups excluding carboxylic acids is 1. The van der Waals surface area contributed by atoms with Crippen LogP contribution in [-0.4, -0.2) is 22.0 Å². The summed E-state index contributed by atoms with van der Waals surface area (Å²) in [7, 11) is 0. The van der Waals surface area contributed by atoms with E-state index in [1.165, 1.54) is 18.3 Å². The molecule has 6 heteroatoms. The summed E-state index contributed by atoms with van der Waals surface area (Å²) in [6, 6.07) is 9.25. The van der Waals surface area contributed by atoms with E-state index >= 15 is 0 Å². The third kappa shape index (κ3) is 2.86. The number of amides is 1. The minimum atomic E-state index is -0.998. The van der Waals surface area contributed by atoms with Gasteiger partial charge in [0.2, 0.25) is 0 Å². The molecule has 2 aromatic rings. The van der Waals surface area contributed by atoms with Crippen molar-refractivity contribution in [3.05, 3.63) is 53.7 Å². The third-order valence-electron chi connectivity index (χ3n) is 2.47. The number of benzene rings is 1. The first-order valence-electron chi connectivity index (χ1n) is 5.43. The molecule has 1 amide bonds. The van der Waals surface area contributed by atoms with Gasteiger partial charge in [-0.15, -0.1) is 0 Å². The summed E-state index contributed by atoms with van der Waals surface area (Å²) >= 11 is 0. The molecule has 0 spiro atoms. The van der Waals surface area contributed by atoms with E-state index in [-0.39, 0.29) is 11.1 Å². The number of carboxylic acids is 1. The number of aromatic carboxylic acids is 1. The number of nitrogens with zero attached hydrogens (tertiary/aromatic N) is 1. The lowest BCUT2D eigenvalue weighted by atomic mass is 10.2. The molecule has 2 rings (SSSR count). The molecule has 0 fully saturated rings. The van der Waals surface area contributed by atoms with Crippen LogP contribution >= 0.6 is 0 Å². The molecule has 0 aliphatic rings. The van der Waals surface area contributed by atoms with Crippen molar-refractivity contribution >= 4 is 23.4 Å². The number of hydrogen-bond acceptors (Lipinski definition) is 4. The first-order chi connectivity index (χ1) is 9.08. The minimum absolute atomic E-state index is 0.182. The van der Waals surface area contributed by atoms with Gasteiger partial charge in [0.15, 0.2) is 0 Å². The van der Waals surface area contributed by atoms with Gasteiger partial charge in [0, 0.05) is 11.9 Å². The fourth-order valence-electron chi connectivity index (χ4n) is 1.54. The molecule has 0 saturated heterocycles. The summed E-state index contributed by atoms with van der Waals surface area (Å²) in [6.07, 6.45) is 1.53. The van der Waals surface area contributed by atoms with Gasteiger partial charge in [-0.3, -0.25) is 4.79 Å². The molecule has 1 aromatic heterocycles. The maximum absolute atomic E-state index is 11.2. The van der Waals surface area contributed by atoms with Crippen molar-refractivity contribution in [1.29, 1.82) is 0 Å². The summed E-state index contributed by atoms with van der Waals surface area (Å²) in [4.78, 5) is 26.0. The molecular formula is C13H11N3O3. The third-order valence-corrected chi connectivity index (χ3v) is 2.47. The highest BCUT2D eigenvalue weighted by atomic mass is 16.4. The van der Waals surface area contributed by atoms with Crippen LogP contribution in [0.15, 0.2) is 42.6 Å². The Labute approximate surface area is 108 Å². The van der Waals surface area contributed by atoms with Gasteiger partial charge in [-0.1, -0.05) is 0 Å². The molecule has 1 aromatic carbocycles. The molecule has 0 saturated carbocycles. The predicted octanol–water partition coefficient (Wildman–Crippen LogP) is 1.62. The SMILES string of the molecule is NC(=O)c1cccnc1Nc1ccc(C(=O)O)cc1. The number of nitrogens with one attached hydrogen (secondary N) is 1. The Bertz CT molecular complexity index is 623. The van der Waals surface area contributed by atoms with Gasteiger partial charge in [-0.05, 0) is 36.4 Å². The normalized spacial score (nSPS) is 9.89. The number of pyridine rings is 1. The van der Waals surface area contributed by atoms with Crippen LogP contribution in [0.1, 0.15) is 20.7 Å². The van der Waals surface area contributed by atoms with E-state index in [2.05, 4.69) is 10.3 Å². The van der Waals surface area contributed by atoms with Crippen molar-refractivity contribution in [2.75, 3.05) is 5.32 Å². The van der Waals surface area contributed by atoms with E-state index in [1.54, 1.807) is 24.3 Å². The van der Waals surface area contributed by atoms with Gasteiger partial charge in [0.25, 0.3) is 5.91 Å². The summed E-state index contributed by atoms with van der Waals surface area (Å²) in [5.74, 6) is -1.25. The average molecular weight is 257 g/mol. The van der Waals surface area contributed by atoms with Crippen LogP contribution in [0.5, 0.6) is 0 Å². The molecule has 6 nitrogen and oxygen atoms in total. The van der Waals surface area contributed by atoms with E-state index in [9.17, 15) is 9.59 Å². The fraction of sp³-hybridized carbons (Fsp3) is 0. The minimum Gasteiger partial charge on any atom is -0.478 e. The van der Waals surface area contributed by atoms with E-state index in [0.717, 1.165) is 0 Å². The van der Waals surface area contributed by atoms with Crippen LogP contribution in [0, 0.1) is 0 Å². The average Bonchev–Trinajstić information content (AvgIpc) is 2.39. The zero-order valence-corrected chi connectivity index (χ0v) is 9.83. The molecule has 19 heavy (non-hydrogen) atoms. The van der Waals surface area contributed by atoms with Crippen LogP contribution < -0.4 is 11.1 Å². The molecule has 1 heterocycles. The first kappa shape index (κ1) is 12.6. The van der Waals surface area contributed by atoms with Crippen molar-refractivity contribution in [3.63, 3.8) is 0 Å². The number of carboxylic acid groups (broad SMARTS) is 1. The topological polar surface area (TPSA) is 105 Å². The van der Waals surface area contributed by atoms with Crippen molar-refractivity contribution in [2.45, 2.75) is 0 Å². The van der Waals surface area contributed by atoms with E-state index in [0.29, 0.717) is 11.5 Å². The molecule has 96 valence electrons. The zero-order valence-electron chi connectivity index (χ0n) is 9.83. The van der Waals surface area contributed by atoms with Crippen molar-refractivity contribution in [2.24, 2.45) is 5.73 Å². The van der Waals surface area contributed by atoms with Crippen LogP contribution in [0.3, 0.4) is 0 Å². The number of rotatable bonds is 4. The van der Waals surface area contributed by atoms with Crippen LogP contribution in [0.25, 0.3) is 0 Å². The van der Waals surface area contributed by atoms with Crippen LogP contribution in [-0.2, 0) is 0 Å². The van der Waals surface area contributed by atoms with Crippen LogP contribution in [0.4, 0.5) is 11.5 Å². The van der Waals surface area contributed by atoms with Gasteiger partial charge in [-0.2, -0.15) is 0 Å². The first-order valence-corrected chi connectivity index (χ1v) is 5.43. The molecule has 0 radical (unpaired) electrons. The summed E-state index contributed by atoms with van der Waals surface area (Å²) < 4.78 is 0. The molecule has 0 aliphatic carbocycles. The Morgan fingerprint density at radius 1 is 1.16 bits per heavy atom. The molecule has 0 bridgehead atoms. The number of aromatic nitrogens is 1. The standard InChI is InChI=1S/C13H11N3O3/c14-11(17)10-2-1-7-15-12(10)16-9-5-3-8(4-6-9)13(18)19/h1-7H,(H2,14,17)(H,15,16)(H,18,19). The predicted molar refractivity (Wildman–Crippen MR) is 69.4 cm³/mol. The molecule has 0 aliphatic heterocycles. The van der Waals surface area contributed by atoms with Gasteiger partial charge in [0.05, 0.1) is 11.1 Å². The van der Waals surface area contributed by atoms with Crippen molar-refractivity contribution < 1.29 is 14.7 Å². The Kier molecular flexibility index (Phi) is 3.42. The zero-order chi connectivity index (χ0) is 13.8. The smallest absolute Gasteiger partial charge is 0.335 e. The van der Waals surface area contributed by atoms with E-state index in [4.69, 9.17) is 10.8 Å². The number of nitrogens with two attached hydrogens (primary N) is 1. The Hall–Kier alpha value is -2.89. The Morgan fingerprint density at radius 2 is 1.84 bits per heavy atom. The molecule has 0 atom stereocenters. The maximum atomic E-state index is 11.2. The number of primary amides is 1. The lowest BCUT2D eigenvalue weighted by Crippen LogP contribution is -2.14. The number of anilines is 2. The fourth-order valence-corrected chi connectivity index (χ4v) is 1.54. The van der Waals surface area contributed by atoms with E-state index in [1.807, 2.05) is 0 Å². The monoisotopic (exact) mass is 257 g/mol. The van der Waals surface area contributed by atoms with Gasteiger partial charge >= 0.3 is 5.97 Å². The molecule has 4 N–H and O–H groups in total. The second kappa shape index (κ2) is 5.18. The number of hydrogen-bond donors (Lipinski definition) is 3.